The Balaban J connectivity index is 2.11. The van der Waals surface area contributed by atoms with E-state index < -0.39 is 23.2 Å². The minimum absolute atomic E-state index is 0.0882. The van der Waals surface area contributed by atoms with Crippen LogP contribution in [0.5, 0.6) is 0 Å². The number of aliphatic carboxylic acids is 1. The van der Waals surface area contributed by atoms with Gasteiger partial charge in [-0.25, -0.2) is 9.18 Å². The van der Waals surface area contributed by atoms with Crippen LogP contribution in [0.3, 0.4) is 0 Å². The maximum Gasteiger partial charge on any atom is 0.329 e. The Labute approximate surface area is 120 Å². The Hall–Kier alpha value is -1.62. The molecule has 1 aliphatic rings. The molecule has 108 valence electrons. The molecule has 2 N–H and O–H groups in total. The van der Waals surface area contributed by atoms with E-state index in [0.29, 0.717) is 12.8 Å². The number of carboxylic acids is 1. The van der Waals surface area contributed by atoms with E-state index in [1.807, 2.05) is 0 Å². The Kier molecular flexibility index (Phi) is 4.28. The third kappa shape index (κ3) is 2.93. The van der Waals surface area contributed by atoms with E-state index >= 15 is 0 Å². The Morgan fingerprint density at radius 1 is 1.35 bits per heavy atom. The van der Waals surface area contributed by atoms with Crippen molar-refractivity contribution >= 4 is 23.5 Å². The number of benzene rings is 1. The molecule has 20 heavy (non-hydrogen) atoms. The van der Waals surface area contributed by atoms with Crippen LogP contribution in [0.1, 0.15) is 31.2 Å². The molecule has 2 rings (SSSR count). The first kappa shape index (κ1) is 14.8. The van der Waals surface area contributed by atoms with Crippen molar-refractivity contribution in [3.05, 3.63) is 34.6 Å². The molecule has 4 nitrogen and oxygen atoms in total. The van der Waals surface area contributed by atoms with Gasteiger partial charge < -0.3 is 10.4 Å². The normalized spacial score (nSPS) is 16.9. The molecule has 0 aliphatic heterocycles. The summed E-state index contributed by atoms with van der Waals surface area (Å²) in [5.41, 5.74) is -1.13. The molecular weight excluding hydrogens is 285 g/mol. The molecule has 0 aromatic heterocycles. The average Bonchev–Trinajstić information content (AvgIpc) is 2.84. The molecule has 1 aromatic rings. The minimum Gasteiger partial charge on any atom is -0.480 e. The van der Waals surface area contributed by atoms with Crippen molar-refractivity contribution in [3.63, 3.8) is 0 Å². The topological polar surface area (TPSA) is 66.4 Å². The summed E-state index contributed by atoms with van der Waals surface area (Å²) in [4.78, 5) is 23.3. The molecule has 1 aromatic carbocycles. The van der Waals surface area contributed by atoms with Crippen molar-refractivity contribution in [2.75, 3.05) is 0 Å². The summed E-state index contributed by atoms with van der Waals surface area (Å²) in [5.74, 6) is -2.13. The van der Waals surface area contributed by atoms with Crippen molar-refractivity contribution in [1.29, 1.82) is 0 Å². The van der Waals surface area contributed by atoms with Gasteiger partial charge in [-0.15, -0.1) is 0 Å². The van der Waals surface area contributed by atoms with Gasteiger partial charge in [0.05, 0.1) is 6.42 Å². The quantitative estimate of drug-likeness (QED) is 0.898. The van der Waals surface area contributed by atoms with E-state index in [9.17, 15) is 19.1 Å². The van der Waals surface area contributed by atoms with Crippen molar-refractivity contribution in [2.24, 2.45) is 0 Å². The first-order valence-corrected chi connectivity index (χ1v) is 6.80. The Morgan fingerprint density at radius 2 is 2.00 bits per heavy atom. The number of halogens is 2. The van der Waals surface area contributed by atoms with Gasteiger partial charge in [-0.2, -0.15) is 0 Å². The predicted molar refractivity (Wildman–Crippen MR) is 72.1 cm³/mol. The zero-order chi connectivity index (χ0) is 14.8. The van der Waals surface area contributed by atoms with Gasteiger partial charge in [-0.1, -0.05) is 30.5 Å². The van der Waals surface area contributed by atoms with Crippen LogP contribution in [0.15, 0.2) is 18.2 Å². The van der Waals surface area contributed by atoms with Crippen LogP contribution in [0, 0.1) is 5.82 Å². The van der Waals surface area contributed by atoms with Gasteiger partial charge in [0.25, 0.3) is 0 Å². The summed E-state index contributed by atoms with van der Waals surface area (Å²) in [6.07, 6.45) is 2.05. The highest BCUT2D eigenvalue weighted by Crippen LogP contribution is 2.30. The molecule has 1 saturated carbocycles. The van der Waals surface area contributed by atoms with E-state index in [1.165, 1.54) is 18.2 Å². The zero-order valence-corrected chi connectivity index (χ0v) is 11.5. The molecule has 1 fully saturated rings. The van der Waals surface area contributed by atoms with Crippen LogP contribution in [0.2, 0.25) is 5.02 Å². The summed E-state index contributed by atoms with van der Waals surface area (Å²) < 4.78 is 13.6. The van der Waals surface area contributed by atoms with E-state index in [-0.39, 0.29) is 17.0 Å². The summed E-state index contributed by atoms with van der Waals surface area (Å²) in [7, 11) is 0. The Morgan fingerprint density at radius 3 is 2.55 bits per heavy atom. The first-order valence-electron chi connectivity index (χ1n) is 6.42. The lowest BCUT2D eigenvalue weighted by atomic mass is 9.97. The second-order valence-electron chi connectivity index (χ2n) is 5.02. The lowest BCUT2D eigenvalue weighted by Gasteiger charge is -2.25. The van der Waals surface area contributed by atoms with Crippen LogP contribution >= 0.6 is 11.6 Å². The van der Waals surface area contributed by atoms with Crippen LogP contribution in [0.25, 0.3) is 0 Å². The smallest absolute Gasteiger partial charge is 0.329 e. The van der Waals surface area contributed by atoms with Gasteiger partial charge in [0.15, 0.2) is 0 Å². The molecule has 0 radical (unpaired) electrons. The molecule has 1 aliphatic carbocycles. The summed E-state index contributed by atoms with van der Waals surface area (Å²) in [6.45, 7) is 0. The molecular formula is C14H15ClFNO3. The number of hydrogen-bond acceptors (Lipinski definition) is 2. The Bertz CT molecular complexity index is 521. The largest absolute Gasteiger partial charge is 0.480 e. The predicted octanol–water partition coefficient (Wildman–Crippen LogP) is 2.54. The molecule has 0 unspecified atom stereocenters. The second kappa shape index (κ2) is 5.79. The third-order valence-corrected chi connectivity index (χ3v) is 4.00. The lowest BCUT2D eigenvalue weighted by Crippen LogP contribution is -2.53. The van der Waals surface area contributed by atoms with Crippen molar-refractivity contribution in [3.8, 4) is 0 Å². The molecule has 0 bridgehead atoms. The molecule has 1 amide bonds. The average molecular weight is 300 g/mol. The van der Waals surface area contributed by atoms with Crippen molar-refractivity contribution < 1.29 is 19.1 Å². The molecule has 0 heterocycles. The summed E-state index contributed by atoms with van der Waals surface area (Å²) in [5, 5.41) is 12.0. The second-order valence-corrected chi connectivity index (χ2v) is 5.43. The number of rotatable bonds is 4. The number of carboxylic acid groups (broad SMARTS) is 1. The number of nitrogens with one attached hydrogen (secondary N) is 1. The summed E-state index contributed by atoms with van der Waals surface area (Å²) >= 11 is 5.85. The van der Waals surface area contributed by atoms with Gasteiger partial charge >= 0.3 is 5.97 Å². The van der Waals surface area contributed by atoms with Gasteiger partial charge in [-0.05, 0) is 25.0 Å². The molecule has 0 saturated heterocycles. The number of amides is 1. The van der Waals surface area contributed by atoms with Crippen LogP contribution in [0.4, 0.5) is 4.39 Å². The van der Waals surface area contributed by atoms with Crippen molar-refractivity contribution in [2.45, 2.75) is 37.6 Å². The fourth-order valence-electron chi connectivity index (χ4n) is 2.54. The van der Waals surface area contributed by atoms with Gasteiger partial charge in [0.2, 0.25) is 5.91 Å². The van der Waals surface area contributed by atoms with E-state index in [1.54, 1.807) is 0 Å². The maximum absolute atomic E-state index is 13.6. The van der Waals surface area contributed by atoms with Crippen molar-refractivity contribution in [1.82, 2.24) is 5.32 Å². The highest BCUT2D eigenvalue weighted by molar-refractivity contribution is 6.31. The fraction of sp³-hybridized carbons (Fsp3) is 0.429. The number of carbonyl (C=O) groups excluding carboxylic acids is 1. The lowest BCUT2D eigenvalue weighted by molar-refractivity contribution is -0.147. The maximum atomic E-state index is 13.6. The minimum atomic E-state index is -1.21. The number of hydrogen-bond donors (Lipinski definition) is 2. The van der Waals surface area contributed by atoms with Gasteiger partial charge in [0.1, 0.15) is 11.4 Å². The number of carbonyl (C=O) groups is 2. The van der Waals surface area contributed by atoms with Crippen LogP contribution < -0.4 is 5.32 Å². The highest BCUT2D eigenvalue weighted by Gasteiger charge is 2.42. The molecule has 0 atom stereocenters. The van der Waals surface area contributed by atoms with Gasteiger partial charge in [-0.3, -0.25) is 4.79 Å². The summed E-state index contributed by atoms with van der Waals surface area (Å²) in [6, 6.07) is 4.17. The zero-order valence-electron chi connectivity index (χ0n) is 10.8. The highest BCUT2D eigenvalue weighted by atomic mass is 35.5. The SMILES string of the molecule is O=C(Cc1c(F)cccc1Cl)NC1(C(=O)O)CCCC1. The van der Waals surface area contributed by atoms with E-state index in [2.05, 4.69) is 5.32 Å². The van der Waals surface area contributed by atoms with E-state index in [4.69, 9.17) is 11.6 Å². The fourth-order valence-corrected chi connectivity index (χ4v) is 2.77. The molecule has 6 heteroatoms. The first-order chi connectivity index (χ1) is 9.44. The molecule has 0 spiro atoms. The monoisotopic (exact) mass is 299 g/mol. The standard InChI is InChI=1S/C14H15ClFNO3/c15-10-4-3-5-11(16)9(10)8-12(18)17-14(13(19)20)6-1-2-7-14/h3-5H,1-2,6-8H2,(H,17,18)(H,19,20). The van der Waals surface area contributed by atoms with Crippen LogP contribution in [-0.2, 0) is 16.0 Å². The van der Waals surface area contributed by atoms with E-state index in [0.717, 1.165) is 12.8 Å². The van der Waals surface area contributed by atoms with Crippen LogP contribution in [-0.4, -0.2) is 22.5 Å². The van der Waals surface area contributed by atoms with Gasteiger partial charge in [0, 0.05) is 10.6 Å². The third-order valence-electron chi connectivity index (χ3n) is 3.64.